The minimum absolute atomic E-state index is 0.234. The van der Waals surface area contributed by atoms with Gasteiger partial charge in [0.1, 0.15) is 6.33 Å². The number of nitrogens with zero attached hydrogens (tertiary/aromatic N) is 3. The molecule has 0 amide bonds. The number of nitrogens with two attached hydrogens (primary N) is 1. The summed E-state index contributed by atoms with van der Waals surface area (Å²) in [4.78, 5) is 14.5. The van der Waals surface area contributed by atoms with E-state index in [1.165, 1.54) is 10.9 Å². The van der Waals surface area contributed by atoms with E-state index >= 15 is 0 Å². The third-order valence-electron chi connectivity index (χ3n) is 4.57. The molecular formula is C19H18F2N4O3S. The summed E-state index contributed by atoms with van der Waals surface area (Å²) in [5, 5.41) is 3.91. The zero-order valence-corrected chi connectivity index (χ0v) is 16.1. The maximum atomic E-state index is 12.7. The maximum Gasteiger partial charge on any atom is 0.346 e. The summed E-state index contributed by atoms with van der Waals surface area (Å²) in [5.74, 6) is 1.47. The second kappa shape index (κ2) is 8.18. The van der Waals surface area contributed by atoms with Crippen LogP contribution in [0, 0.1) is 0 Å². The fraction of sp³-hybridized carbons (Fsp3) is 0.263. The summed E-state index contributed by atoms with van der Waals surface area (Å²) in [5.41, 5.74) is 5.58. The minimum atomic E-state index is -1.87. The van der Waals surface area contributed by atoms with Gasteiger partial charge >= 0.3 is 5.69 Å². The first-order chi connectivity index (χ1) is 14.0. The van der Waals surface area contributed by atoms with Crippen molar-refractivity contribution in [1.82, 2.24) is 14.3 Å². The SMILES string of the molecule is NCC(Cn1ncn(CCc2ccc(-c3ccc4c(c3)OCO4)s2)c1=O)=C(F)F. The van der Waals surface area contributed by atoms with Gasteiger partial charge in [-0.15, -0.1) is 11.3 Å². The first-order valence-electron chi connectivity index (χ1n) is 8.89. The average molecular weight is 420 g/mol. The first-order valence-corrected chi connectivity index (χ1v) is 9.71. The molecule has 1 aliphatic rings. The van der Waals surface area contributed by atoms with Crippen molar-refractivity contribution in [3.8, 4) is 21.9 Å². The van der Waals surface area contributed by atoms with Gasteiger partial charge < -0.3 is 15.2 Å². The molecule has 1 aliphatic heterocycles. The molecule has 0 aliphatic carbocycles. The zero-order chi connectivity index (χ0) is 20.4. The number of ether oxygens (including phenoxy) is 2. The number of thiophene rings is 1. The summed E-state index contributed by atoms with van der Waals surface area (Å²) < 4.78 is 38.6. The molecule has 0 saturated heterocycles. The molecule has 0 unspecified atom stereocenters. The standard InChI is InChI=1S/C19H18F2N4O3S/c20-18(21)13(8-22)9-25-19(26)24(10-23-25)6-5-14-2-4-17(29-14)12-1-3-15-16(7-12)28-11-27-15/h1-4,7,10H,5-6,8-9,11,22H2. The molecule has 2 aromatic heterocycles. The van der Waals surface area contributed by atoms with Gasteiger partial charge in [-0.25, -0.2) is 9.48 Å². The predicted molar refractivity (Wildman–Crippen MR) is 104 cm³/mol. The predicted octanol–water partition coefficient (Wildman–Crippen LogP) is 2.85. The van der Waals surface area contributed by atoms with Crippen LogP contribution in [0.5, 0.6) is 11.5 Å². The highest BCUT2D eigenvalue weighted by Gasteiger charge is 2.15. The molecular weight excluding hydrogens is 402 g/mol. The smallest absolute Gasteiger partial charge is 0.346 e. The van der Waals surface area contributed by atoms with Gasteiger partial charge in [0.25, 0.3) is 6.08 Å². The highest BCUT2D eigenvalue weighted by molar-refractivity contribution is 7.15. The molecule has 7 nitrogen and oxygen atoms in total. The van der Waals surface area contributed by atoms with Crippen molar-refractivity contribution >= 4 is 11.3 Å². The van der Waals surface area contributed by atoms with Gasteiger partial charge in [0.15, 0.2) is 11.5 Å². The van der Waals surface area contributed by atoms with Crippen LogP contribution >= 0.6 is 11.3 Å². The number of rotatable bonds is 7. The zero-order valence-electron chi connectivity index (χ0n) is 15.3. The quantitative estimate of drug-likeness (QED) is 0.636. The molecule has 0 radical (unpaired) electrons. The van der Waals surface area contributed by atoms with Crippen LogP contribution in [-0.4, -0.2) is 27.7 Å². The van der Waals surface area contributed by atoms with Crippen molar-refractivity contribution in [2.75, 3.05) is 13.3 Å². The molecule has 3 heterocycles. The molecule has 0 saturated carbocycles. The van der Waals surface area contributed by atoms with E-state index in [2.05, 4.69) is 5.10 Å². The van der Waals surface area contributed by atoms with E-state index in [4.69, 9.17) is 15.2 Å². The number of aryl methyl sites for hydroxylation is 2. The van der Waals surface area contributed by atoms with Crippen LogP contribution in [0.2, 0.25) is 0 Å². The Morgan fingerprint density at radius 3 is 2.83 bits per heavy atom. The van der Waals surface area contributed by atoms with Crippen LogP contribution in [0.3, 0.4) is 0 Å². The van der Waals surface area contributed by atoms with E-state index in [1.807, 2.05) is 30.3 Å². The lowest BCUT2D eigenvalue weighted by molar-refractivity contribution is 0.174. The Morgan fingerprint density at radius 1 is 1.21 bits per heavy atom. The van der Waals surface area contributed by atoms with E-state index in [-0.39, 0.29) is 25.5 Å². The van der Waals surface area contributed by atoms with E-state index in [1.54, 1.807) is 11.3 Å². The van der Waals surface area contributed by atoms with Crippen molar-refractivity contribution in [1.29, 1.82) is 0 Å². The third-order valence-corrected chi connectivity index (χ3v) is 5.76. The lowest BCUT2D eigenvalue weighted by Crippen LogP contribution is -2.27. The molecule has 0 fully saturated rings. The molecule has 152 valence electrons. The highest BCUT2D eigenvalue weighted by Crippen LogP contribution is 2.38. The van der Waals surface area contributed by atoms with Crippen molar-refractivity contribution < 1.29 is 18.3 Å². The van der Waals surface area contributed by atoms with Crippen LogP contribution in [-0.2, 0) is 19.5 Å². The molecule has 0 atom stereocenters. The lowest BCUT2D eigenvalue weighted by atomic mass is 10.1. The third kappa shape index (κ3) is 4.08. The molecule has 29 heavy (non-hydrogen) atoms. The fourth-order valence-electron chi connectivity index (χ4n) is 2.96. The molecule has 3 aromatic rings. The Morgan fingerprint density at radius 2 is 2.03 bits per heavy atom. The Balaban J connectivity index is 1.43. The highest BCUT2D eigenvalue weighted by atomic mass is 32.1. The number of fused-ring (bicyclic) bond motifs is 1. The van der Waals surface area contributed by atoms with Gasteiger partial charge in [-0.05, 0) is 42.3 Å². The van der Waals surface area contributed by atoms with Crippen molar-refractivity contribution in [2.45, 2.75) is 19.5 Å². The average Bonchev–Trinajstić information content (AvgIpc) is 3.44. The molecule has 0 bridgehead atoms. The van der Waals surface area contributed by atoms with Gasteiger partial charge in [0.05, 0.1) is 6.54 Å². The van der Waals surface area contributed by atoms with E-state index < -0.39 is 11.8 Å². The Bertz CT molecular complexity index is 1110. The second-order valence-corrected chi connectivity index (χ2v) is 7.58. The first kappa shape index (κ1) is 19.3. The number of hydrogen-bond donors (Lipinski definition) is 1. The van der Waals surface area contributed by atoms with Crippen molar-refractivity contribution in [3.63, 3.8) is 0 Å². The molecule has 2 N–H and O–H groups in total. The second-order valence-electron chi connectivity index (χ2n) is 6.42. The van der Waals surface area contributed by atoms with Gasteiger partial charge in [0, 0.05) is 28.4 Å². The molecule has 10 heteroatoms. The topological polar surface area (TPSA) is 84.3 Å². The Labute approximate surface area is 168 Å². The van der Waals surface area contributed by atoms with Crippen LogP contribution in [0.1, 0.15) is 4.88 Å². The van der Waals surface area contributed by atoms with Gasteiger partial charge in [0.2, 0.25) is 6.79 Å². The molecule has 4 rings (SSSR count). The number of halogens is 2. The van der Waals surface area contributed by atoms with Crippen molar-refractivity contribution in [2.24, 2.45) is 5.73 Å². The summed E-state index contributed by atoms with van der Waals surface area (Å²) >= 11 is 1.62. The summed E-state index contributed by atoms with van der Waals surface area (Å²) in [7, 11) is 0. The maximum absolute atomic E-state index is 12.7. The molecule has 1 aromatic carbocycles. The van der Waals surface area contributed by atoms with Crippen LogP contribution < -0.4 is 20.9 Å². The van der Waals surface area contributed by atoms with Crippen LogP contribution in [0.15, 0.2) is 53.1 Å². The van der Waals surface area contributed by atoms with Gasteiger partial charge in [-0.2, -0.15) is 13.9 Å². The number of aromatic nitrogens is 3. The number of benzene rings is 1. The summed E-state index contributed by atoms with van der Waals surface area (Å²) in [6, 6.07) is 9.83. The molecule has 0 spiro atoms. The summed E-state index contributed by atoms with van der Waals surface area (Å²) in [6.07, 6.45) is 0.111. The van der Waals surface area contributed by atoms with E-state index in [0.717, 1.165) is 31.5 Å². The Kier molecular flexibility index (Phi) is 5.45. The minimum Gasteiger partial charge on any atom is -0.454 e. The van der Waals surface area contributed by atoms with Crippen LogP contribution in [0.25, 0.3) is 10.4 Å². The van der Waals surface area contributed by atoms with Gasteiger partial charge in [-0.1, -0.05) is 0 Å². The Hall–Kier alpha value is -2.98. The van der Waals surface area contributed by atoms with Crippen LogP contribution in [0.4, 0.5) is 8.78 Å². The number of hydrogen-bond acceptors (Lipinski definition) is 6. The fourth-order valence-corrected chi connectivity index (χ4v) is 3.96. The monoisotopic (exact) mass is 420 g/mol. The normalized spacial score (nSPS) is 12.4. The largest absolute Gasteiger partial charge is 0.454 e. The lowest BCUT2D eigenvalue weighted by Gasteiger charge is -2.02. The van der Waals surface area contributed by atoms with Gasteiger partial charge in [-0.3, -0.25) is 4.57 Å². The van der Waals surface area contributed by atoms with E-state index in [9.17, 15) is 13.6 Å². The van der Waals surface area contributed by atoms with E-state index in [0.29, 0.717) is 13.0 Å². The van der Waals surface area contributed by atoms with Crippen molar-refractivity contribution in [3.05, 3.63) is 63.7 Å². The summed E-state index contributed by atoms with van der Waals surface area (Å²) in [6.45, 7) is 0.00848.